The fourth-order valence-electron chi connectivity index (χ4n) is 1.57. The minimum atomic E-state index is -0.963. The van der Waals surface area contributed by atoms with Crippen molar-refractivity contribution in [3.8, 4) is 0 Å². The van der Waals surface area contributed by atoms with Crippen molar-refractivity contribution in [1.29, 1.82) is 0 Å². The van der Waals surface area contributed by atoms with Crippen molar-refractivity contribution < 1.29 is 39.4 Å². The minimum Gasteiger partial charge on any atom is -0.394 e. The molecule has 0 saturated carbocycles. The molecule has 4 N–H and O–H groups in total. The van der Waals surface area contributed by atoms with Crippen LogP contribution in [0, 0.1) is 0 Å². The zero-order valence-electron chi connectivity index (χ0n) is 11.4. The van der Waals surface area contributed by atoms with Gasteiger partial charge in [-0.05, 0) is 0 Å². The molecule has 20 heavy (non-hydrogen) atoms. The van der Waals surface area contributed by atoms with E-state index in [1.807, 2.05) is 0 Å². The van der Waals surface area contributed by atoms with Crippen LogP contribution in [0.25, 0.3) is 0 Å². The minimum absolute atomic E-state index is 0.0632. The van der Waals surface area contributed by atoms with Crippen molar-refractivity contribution in [1.82, 2.24) is 0 Å². The van der Waals surface area contributed by atoms with Gasteiger partial charge in [-0.15, -0.1) is 0 Å². The molecule has 8 nitrogen and oxygen atoms in total. The number of rotatable bonds is 10. The van der Waals surface area contributed by atoms with Gasteiger partial charge >= 0.3 is 0 Å². The summed E-state index contributed by atoms with van der Waals surface area (Å²) >= 11 is 0. The van der Waals surface area contributed by atoms with Crippen LogP contribution >= 0.6 is 0 Å². The second-order valence-electron chi connectivity index (χ2n) is 4.61. The zero-order valence-corrected chi connectivity index (χ0v) is 11.4. The normalized spacial score (nSPS) is 26.4. The smallest absolute Gasteiger partial charge is 0.104 e. The quantitative estimate of drug-likeness (QED) is 0.350. The summed E-state index contributed by atoms with van der Waals surface area (Å²) in [6, 6.07) is 0. The van der Waals surface area contributed by atoms with Crippen molar-refractivity contribution in [2.45, 2.75) is 24.4 Å². The maximum atomic E-state index is 9.13. The Balaban J connectivity index is 2.09. The van der Waals surface area contributed by atoms with Crippen LogP contribution in [0.3, 0.4) is 0 Å². The monoisotopic (exact) mass is 296 g/mol. The van der Waals surface area contributed by atoms with Crippen molar-refractivity contribution in [3.63, 3.8) is 0 Å². The highest BCUT2D eigenvalue weighted by atomic mass is 16.6. The second-order valence-corrected chi connectivity index (χ2v) is 4.61. The fraction of sp³-hybridized carbons (Fsp3) is 1.00. The molecule has 1 heterocycles. The van der Waals surface area contributed by atoms with Gasteiger partial charge in [0.25, 0.3) is 0 Å². The molecule has 4 unspecified atom stereocenters. The average Bonchev–Trinajstić information content (AvgIpc) is 2.50. The summed E-state index contributed by atoms with van der Waals surface area (Å²) in [6.45, 7) is 0.350. The molecule has 0 amide bonds. The topological polar surface area (TPSA) is 118 Å². The number of ether oxygens (including phenoxy) is 4. The Morgan fingerprint density at radius 1 is 1.00 bits per heavy atom. The summed E-state index contributed by atoms with van der Waals surface area (Å²) < 4.78 is 21.3. The molecule has 0 bridgehead atoms. The third-order valence-electron chi connectivity index (χ3n) is 2.79. The molecule has 1 aliphatic heterocycles. The highest BCUT2D eigenvalue weighted by Crippen LogP contribution is 2.07. The van der Waals surface area contributed by atoms with Crippen LogP contribution in [0.4, 0.5) is 0 Å². The number of aliphatic hydroxyl groups excluding tert-OH is 4. The predicted octanol–water partition coefficient (Wildman–Crippen LogP) is -2.49. The van der Waals surface area contributed by atoms with E-state index >= 15 is 0 Å². The maximum Gasteiger partial charge on any atom is 0.104 e. The van der Waals surface area contributed by atoms with Crippen molar-refractivity contribution in [2.75, 3.05) is 52.9 Å². The van der Waals surface area contributed by atoms with Gasteiger partial charge in [-0.3, -0.25) is 0 Å². The van der Waals surface area contributed by atoms with Gasteiger partial charge < -0.3 is 39.4 Å². The first-order chi connectivity index (χ1) is 9.69. The van der Waals surface area contributed by atoms with E-state index in [-0.39, 0.29) is 38.6 Å². The van der Waals surface area contributed by atoms with Crippen molar-refractivity contribution in [3.05, 3.63) is 0 Å². The first kappa shape index (κ1) is 17.7. The van der Waals surface area contributed by atoms with Crippen molar-refractivity contribution in [2.24, 2.45) is 0 Å². The molecule has 1 rings (SSSR count). The highest BCUT2D eigenvalue weighted by Gasteiger charge is 2.22. The molecular formula is C12H24O8. The van der Waals surface area contributed by atoms with Gasteiger partial charge in [0.1, 0.15) is 24.4 Å². The molecule has 1 saturated heterocycles. The van der Waals surface area contributed by atoms with E-state index in [2.05, 4.69) is 0 Å². The number of hydrogen-bond acceptors (Lipinski definition) is 8. The van der Waals surface area contributed by atoms with Gasteiger partial charge in [-0.1, -0.05) is 0 Å². The van der Waals surface area contributed by atoms with Crippen LogP contribution in [0.1, 0.15) is 0 Å². The Bertz CT molecular complexity index is 231. The van der Waals surface area contributed by atoms with E-state index in [4.69, 9.17) is 39.4 Å². The van der Waals surface area contributed by atoms with Crippen LogP contribution in [-0.4, -0.2) is 97.7 Å². The van der Waals surface area contributed by atoms with E-state index < -0.39 is 18.8 Å². The Hall–Kier alpha value is -0.320. The largest absolute Gasteiger partial charge is 0.394 e. The summed E-state index contributed by atoms with van der Waals surface area (Å²) in [5.74, 6) is 0. The van der Waals surface area contributed by atoms with Crippen LogP contribution in [-0.2, 0) is 18.9 Å². The van der Waals surface area contributed by atoms with E-state index in [1.165, 1.54) is 0 Å². The molecule has 1 fully saturated rings. The van der Waals surface area contributed by atoms with Gasteiger partial charge in [0.2, 0.25) is 0 Å². The lowest BCUT2D eigenvalue weighted by Crippen LogP contribution is -2.40. The Kier molecular flexibility index (Phi) is 9.23. The average molecular weight is 296 g/mol. The van der Waals surface area contributed by atoms with E-state index in [0.717, 1.165) is 0 Å². The third kappa shape index (κ3) is 6.91. The lowest BCUT2D eigenvalue weighted by atomic mass is 10.3. The lowest BCUT2D eigenvalue weighted by Gasteiger charge is -2.28. The molecule has 0 aromatic heterocycles. The van der Waals surface area contributed by atoms with Crippen LogP contribution in [0.5, 0.6) is 0 Å². The van der Waals surface area contributed by atoms with Crippen LogP contribution in [0.2, 0.25) is 0 Å². The molecule has 120 valence electrons. The Labute approximate surface area is 117 Å². The molecular weight excluding hydrogens is 272 g/mol. The van der Waals surface area contributed by atoms with Gasteiger partial charge in [0.15, 0.2) is 0 Å². The molecule has 8 heteroatoms. The molecule has 0 aliphatic carbocycles. The van der Waals surface area contributed by atoms with Gasteiger partial charge in [0, 0.05) is 0 Å². The van der Waals surface area contributed by atoms with Crippen molar-refractivity contribution >= 4 is 0 Å². The Morgan fingerprint density at radius 2 is 1.70 bits per heavy atom. The first-order valence-electron chi connectivity index (χ1n) is 6.62. The summed E-state index contributed by atoms with van der Waals surface area (Å²) in [6.07, 6.45) is -2.01. The van der Waals surface area contributed by atoms with E-state index in [1.54, 1.807) is 0 Å². The molecule has 0 radical (unpaired) electrons. The predicted molar refractivity (Wildman–Crippen MR) is 67.3 cm³/mol. The number of aliphatic hydroxyl groups is 4. The summed E-state index contributed by atoms with van der Waals surface area (Å²) in [7, 11) is 0. The third-order valence-corrected chi connectivity index (χ3v) is 2.79. The zero-order chi connectivity index (χ0) is 14.8. The summed E-state index contributed by atoms with van der Waals surface area (Å²) in [5, 5.41) is 35.7. The summed E-state index contributed by atoms with van der Waals surface area (Å²) in [5.41, 5.74) is 0. The molecule has 0 aromatic rings. The molecule has 4 atom stereocenters. The standard InChI is InChI=1S/C12H24O8/c13-1-9(16)4-18-10(2-14)5-17-6-12-8-19-11(3-15)7-20-12/h9-16H,1-8H2. The van der Waals surface area contributed by atoms with Crippen LogP contribution < -0.4 is 0 Å². The highest BCUT2D eigenvalue weighted by molar-refractivity contribution is 4.67. The SMILES string of the molecule is OCC(O)COC(CO)COCC1COC(CO)CO1. The Morgan fingerprint density at radius 3 is 2.25 bits per heavy atom. The van der Waals surface area contributed by atoms with E-state index in [9.17, 15) is 0 Å². The summed E-state index contributed by atoms with van der Waals surface area (Å²) in [4.78, 5) is 0. The maximum absolute atomic E-state index is 9.13. The molecule has 0 spiro atoms. The van der Waals surface area contributed by atoms with E-state index in [0.29, 0.717) is 19.8 Å². The van der Waals surface area contributed by atoms with Gasteiger partial charge in [-0.25, -0.2) is 0 Å². The van der Waals surface area contributed by atoms with Gasteiger partial charge in [0.05, 0.1) is 52.9 Å². The first-order valence-corrected chi connectivity index (χ1v) is 6.62. The number of hydrogen-bond donors (Lipinski definition) is 4. The van der Waals surface area contributed by atoms with Crippen LogP contribution in [0.15, 0.2) is 0 Å². The van der Waals surface area contributed by atoms with Gasteiger partial charge in [-0.2, -0.15) is 0 Å². The lowest BCUT2D eigenvalue weighted by molar-refractivity contribution is -0.166. The molecule has 1 aliphatic rings. The fourth-order valence-corrected chi connectivity index (χ4v) is 1.57. The molecule has 0 aromatic carbocycles. The second kappa shape index (κ2) is 10.4.